The number of aryl methyl sites for hydroxylation is 1. The van der Waals surface area contributed by atoms with E-state index in [2.05, 4.69) is 10.1 Å². The zero-order valence-electron chi connectivity index (χ0n) is 12.7. The molecule has 0 aromatic carbocycles. The number of nitrogens with zero attached hydrogens (tertiary/aromatic N) is 3. The normalized spacial score (nSPS) is 23.5. The maximum atomic E-state index is 12.6. The lowest BCUT2D eigenvalue weighted by atomic mass is 10.2. The van der Waals surface area contributed by atoms with Gasteiger partial charge in [0.1, 0.15) is 6.10 Å². The molecular weight excluding hydrogens is 270 g/mol. The van der Waals surface area contributed by atoms with Crippen molar-refractivity contribution in [3.05, 3.63) is 11.7 Å². The number of ether oxygens (including phenoxy) is 1. The van der Waals surface area contributed by atoms with Gasteiger partial charge in [0, 0.05) is 13.0 Å². The van der Waals surface area contributed by atoms with E-state index in [1.54, 1.807) is 0 Å². The van der Waals surface area contributed by atoms with Crippen molar-refractivity contribution < 1.29 is 14.1 Å². The fourth-order valence-corrected chi connectivity index (χ4v) is 2.72. The van der Waals surface area contributed by atoms with Crippen LogP contribution in [0.15, 0.2) is 4.52 Å². The topological polar surface area (TPSA) is 68.5 Å². The summed E-state index contributed by atoms with van der Waals surface area (Å²) in [6.45, 7) is 5.26. The van der Waals surface area contributed by atoms with Crippen molar-refractivity contribution in [1.82, 2.24) is 15.0 Å². The molecule has 0 bridgehead atoms. The van der Waals surface area contributed by atoms with Crippen molar-refractivity contribution in [1.29, 1.82) is 0 Å². The van der Waals surface area contributed by atoms with Crippen molar-refractivity contribution in [2.75, 3.05) is 13.2 Å². The lowest BCUT2D eigenvalue weighted by Crippen LogP contribution is -2.39. The van der Waals surface area contributed by atoms with Crippen LogP contribution in [0.2, 0.25) is 0 Å². The van der Waals surface area contributed by atoms with Gasteiger partial charge in [-0.15, -0.1) is 0 Å². The minimum atomic E-state index is -0.385. The van der Waals surface area contributed by atoms with Gasteiger partial charge in [-0.25, -0.2) is 0 Å². The lowest BCUT2D eigenvalue weighted by molar-refractivity contribution is -0.144. The van der Waals surface area contributed by atoms with Crippen LogP contribution < -0.4 is 0 Å². The summed E-state index contributed by atoms with van der Waals surface area (Å²) < 4.78 is 10.9. The summed E-state index contributed by atoms with van der Waals surface area (Å²) in [4.78, 5) is 18.8. The highest BCUT2D eigenvalue weighted by Crippen LogP contribution is 2.32. The monoisotopic (exact) mass is 293 g/mol. The Balaban J connectivity index is 1.63. The molecule has 2 atom stereocenters. The summed E-state index contributed by atoms with van der Waals surface area (Å²) in [6.07, 6.45) is 4.66. The molecule has 1 aliphatic heterocycles. The Morgan fingerprint density at radius 2 is 2.29 bits per heavy atom. The molecule has 2 heterocycles. The number of hydrogen-bond acceptors (Lipinski definition) is 5. The quantitative estimate of drug-likeness (QED) is 0.803. The van der Waals surface area contributed by atoms with E-state index in [4.69, 9.17) is 9.26 Å². The zero-order chi connectivity index (χ0) is 14.8. The van der Waals surface area contributed by atoms with Gasteiger partial charge in [0.05, 0.1) is 12.6 Å². The van der Waals surface area contributed by atoms with Crippen LogP contribution in [-0.2, 0) is 16.0 Å². The van der Waals surface area contributed by atoms with Gasteiger partial charge in [-0.05, 0) is 38.5 Å². The fraction of sp³-hybridized carbons (Fsp3) is 0.800. The minimum Gasteiger partial charge on any atom is -0.368 e. The second kappa shape index (κ2) is 6.13. The highest BCUT2D eigenvalue weighted by Gasteiger charge is 2.36. The van der Waals surface area contributed by atoms with E-state index in [9.17, 15) is 4.79 Å². The molecule has 1 aromatic heterocycles. The van der Waals surface area contributed by atoms with Gasteiger partial charge >= 0.3 is 0 Å². The van der Waals surface area contributed by atoms with Crippen LogP contribution in [0.4, 0.5) is 0 Å². The first-order chi connectivity index (χ1) is 10.2. The van der Waals surface area contributed by atoms with Crippen molar-refractivity contribution in [2.24, 2.45) is 5.92 Å². The molecule has 21 heavy (non-hydrogen) atoms. The molecule has 1 aromatic rings. The van der Waals surface area contributed by atoms with E-state index in [1.807, 2.05) is 18.7 Å². The van der Waals surface area contributed by atoms with Gasteiger partial charge in [-0.1, -0.05) is 12.1 Å². The first-order valence-corrected chi connectivity index (χ1v) is 7.93. The molecule has 6 nitrogen and oxygen atoms in total. The summed E-state index contributed by atoms with van der Waals surface area (Å²) in [7, 11) is 0. The third-order valence-electron chi connectivity index (χ3n) is 4.25. The van der Waals surface area contributed by atoms with E-state index in [0.717, 1.165) is 19.4 Å². The largest absolute Gasteiger partial charge is 0.368 e. The molecule has 1 amide bonds. The third-order valence-corrected chi connectivity index (χ3v) is 4.25. The summed E-state index contributed by atoms with van der Waals surface area (Å²) >= 11 is 0. The third kappa shape index (κ3) is 3.26. The summed E-state index contributed by atoms with van der Waals surface area (Å²) in [5.41, 5.74) is 0. The molecule has 1 saturated carbocycles. The molecular formula is C15H23N3O3. The minimum absolute atomic E-state index is 0.0426. The van der Waals surface area contributed by atoms with Crippen LogP contribution in [0.1, 0.15) is 57.3 Å². The predicted molar refractivity (Wildman–Crippen MR) is 75.5 cm³/mol. The predicted octanol–water partition coefficient (Wildman–Crippen LogP) is 2.11. The van der Waals surface area contributed by atoms with Crippen LogP contribution in [0.5, 0.6) is 0 Å². The summed E-state index contributed by atoms with van der Waals surface area (Å²) in [5.74, 6) is 1.97. The number of aromatic nitrogens is 2. The van der Waals surface area contributed by atoms with Crippen molar-refractivity contribution in [3.8, 4) is 0 Å². The maximum Gasteiger partial charge on any atom is 0.252 e. The van der Waals surface area contributed by atoms with Gasteiger partial charge in [0.2, 0.25) is 5.89 Å². The van der Waals surface area contributed by atoms with Crippen molar-refractivity contribution in [2.45, 2.75) is 58.1 Å². The SMILES string of the molecule is CCc1nc([C@H]2CCCN2C(=O)[C@H](C)OCC2CC2)no1. The molecule has 3 rings (SSSR count). The van der Waals surface area contributed by atoms with E-state index >= 15 is 0 Å². The molecule has 0 unspecified atom stereocenters. The zero-order valence-corrected chi connectivity index (χ0v) is 12.7. The Morgan fingerprint density at radius 1 is 1.48 bits per heavy atom. The second-order valence-corrected chi connectivity index (χ2v) is 6.01. The number of amides is 1. The van der Waals surface area contributed by atoms with Gasteiger partial charge in [-0.3, -0.25) is 4.79 Å². The highest BCUT2D eigenvalue weighted by atomic mass is 16.5. The molecule has 1 aliphatic carbocycles. The van der Waals surface area contributed by atoms with E-state index < -0.39 is 0 Å². The molecule has 6 heteroatoms. The Hall–Kier alpha value is -1.43. The Morgan fingerprint density at radius 3 is 2.95 bits per heavy atom. The van der Waals surface area contributed by atoms with Gasteiger partial charge in [0.15, 0.2) is 5.82 Å². The molecule has 1 saturated heterocycles. The van der Waals surface area contributed by atoms with Crippen LogP contribution in [0, 0.1) is 5.92 Å². The maximum absolute atomic E-state index is 12.6. The first-order valence-electron chi connectivity index (χ1n) is 7.93. The van der Waals surface area contributed by atoms with Crippen molar-refractivity contribution in [3.63, 3.8) is 0 Å². The number of hydrogen-bond donors (Lipinski definition) is 0. The molecule has 2 fully saturated rings. The fourth-order valence-electron chi connectivity index (χ4n) is 2.72. The standard InChI is InChI=1S/C15H23N3O3/c1-3-13-16-14(17-21-13)12-5-4-8-18(12)15(19)10(2)20-9-11-6-7-11/h10-12H,3-9H2,1-2H3/t10-,12+/m0/s1. The highest BCUT2D eigenvalue weighted by molar-refractivity contribution is 5.81. The van der Waals surface area contributed by atoms with Crippen LogP contribution in [0.25, 0.3) is 0 Å². The average molecular weight is 293 g/mol. The second-order valence-electron chi connectivity index (χ2n) is 6.01. The van der Waals surface area contributed by atoms with E-state index in [-0.39, 0.29) is 18.1 Å². The van der Waals surface area contributed by atoms with Gasteiger partial charge in [0.25, 0.3) is 5.91 Å². The number of rotatable bonds is 6. The van der Waals surface area contributed by atoms with E-state index in [1.165, 1.54) is 12.8 Å². The van der Waals surface area contributed by atoms with Crippen LogP contribution in [0.3, 0.4) is 0 Å². The van der Waals surface area contributed by atoms with Crippen LogP contribution in [-0.4, -0.2) is 40.2 Å². The molecule has 0 spiro atoms. The number of carbonyl (C=O) groups excluding carboxylic acids is 1. The first kappa shape index (κ1) is 14.5. The smallest absolute Gasteiger partial charge is 0.252 e. The van der Waals surface area contributed by atoms with E-state index in [0.29, 0.717) is 30.7 Å². The Kier molecular flexibility index (Phi) is 4.24. The average Bonchev–Trinajstić information content (AvgIpc) is 3.02. The van der Waals surface area contributed by atoms with Gasteiger partial charge < -0.3 is 14.2 Å². The van der Waals surface area contributed by atoms with Gasteiger partial charge in [-0.2, -0.15) is 4.98 Å². The molecule has 0 radical (unpaired) electrons. The Labute approximate surface area is 124 Å². The van der Waals surface area contributed by atoms with Crippen LogP contribution >= 0.6 is 0 Å². The molecule has 0 N–H and O–H groups in total. The molecule has 2 aliphatic rings. The Bertz CT molecular complexity index is 498. The number of carbonyl (C=O) groups is 1. The number of likely N-dealkylation sites (tertiary alicyclic amines) is 1. The summed E-state index contributed by atoms with van der Waals surface area (Å²) in [6, 6.07) is -0.0616. The van der Waals surface area contributed by atoms with Crippen molar-refractivity contribution >= 4 is 5.91 Å². The molecule has 116 valence electrons. The lowest BCUT2D eigenvalue weighted by Gasteiger charge is -2.25. The summed E-state index contributed by atoms with van der Waals surface area (Å²) in [5, 5.41) is 4.02.